The minimum absolute atomic E-state index is 0.0612. The van der Waals surface area contributed by atoms with E-state index in [1.165, 1.54) is 4.88 Å². The summed E-state index contributed by atoms with van der Waals surface area (Å²) in [7, 11) is 1.81. The van der Waals surface area contributed by atoms with Gasteiger partial charge in [-0.05, 0) is 35.9 Å². The molecule has 2 heterocycles. The Morgan fingerprint density at radius 1 is 1.29 bits per heavy atom. The fourth-order valence-corrected chi connectivity index (χ4v) is 3.87. The van der Waals surface area contributed by atoms with Crippen molar-refractivity contribution in [1.29, 1.82) is 0 Å². The largest absolute Gasteiger partial charge is 0.355 e. The lowest BCUT2D eigenvalue weighted by Crippen LogP contribution is -2.37. The molecule has 2 amide bonds. The van der Waals surface area contributed by atoms with Gasteiger partial charge >= 0.3 is 0 Å². The molecule has 3 rings (SSSR count). The average Bonchev–Trinajstić information content (AvgIpc) is 3.10. The number of thiophene rings is 1. The zero-order chi connectivity index (χ0) is 16.9. The number of anilines is 1. The van der Waals surface area contributed by atoms with E-state index in [1.807, 2.05) is 30.3 Å². The highest BCUT2D eigenvalue weighted by molar-refractivity contribution is 7.09. The number of nitrogens with one attached hydrogen (secondary N) is 1. The minimum Gasteiger partial charge on any atom is -0.355 e. The van der Waals surface area contributed by atoms with Crippen LogP contribution >= 0.6 is 11.3 Å². The second-order valence-corrected chi connectivity index (χ2v) is 7.18. The molecule has 1 N–H and O–H groups in total. The first-order valence-electron chi connectivity index (χ1n) is 8.29. The number of hydrogen-bond donors (Lipinski definition) is 1. The number of nitrogens with zero attached hydrogens (tertiary/aromatic N) is 1. The maximum atomic E-state index is 12.1. The molecule has 126 valence electrons. The van der Waals surface area contributed by atoms with Gasteiger partial charge in [-0.2, -0.15) is 0 Å². The summed E-state index contributed by atoms with van der Waals surface area (Å²) in [6.45, 7) is 0.522. The first-order valence-corrected chi connectivity index (χ1v) is 9.17. The third-order valence-corrected chi connectivity index (χ3v) is 5.42. The summed E-state index contributed by atoms with van der Waals surface area (Å²) in [6.07, 6.45) is 2.78. The van der Waals surface area contributed by atoms with Crippen LogP contribution in [0, 0.1) is 0 Å². The first kappa shape index (κ1) is 16.7. The van der Waals surface area contributed by atoms with Crippen molar-refractivity contribution in [2.24, 2.45) is 0 Å². The molecule has 2 aromatic rings. The highest BCUT2D eigenvalue weighted by Gasteiger charge is 2.28. The van der Waals surface area contributed by atoms with Crippen molar-refractivity contribution in [1.82, 2.24) is 5.32 Å². The Labute approximate surface area is 146 Å². The van der Waals surface area contributed by atoms with E-state index in [1.54, 1.807) is 23.3 Å². The number of fused-ring (bicyclic) bond motifs is 1. The highest BCUT2D eigenvalue weighted by atomic mass is 32.1. The molecule has 0 spiro atoms. The number of aryl methyl sites for hydroxylation is 1. The average molecular weight is 342 g/mol. The smallest absolute Gasteiger partial charge is 0.227 e. The van der Waals surface area contributed by atoms with Crippen molar-refractivity contribution < 1.29 is 9.59 Å². The first-order chi connectivity index (χ1) is 11.6. The highest BCUT2D eigenvalue weighted by Crippen LogP contribution is 2.34. The molecule has 0 fully saturated rings. The molecule has 1 atom stereocenters. The van der Waals surface area contributed by atoms with Crippen LogP contribution in [-0.4, -0.2) is 25.4 Å². The maximum Gasteiger partial charge on any atom is 0.227 e. The molecule has 1 aliphatic rings. The second kappa shape index (κ2) is 7.62. The Kier molecular flexibility index (Phi) is 5.30. The van der Waals surface area contributed by atoms with Crippen LogP contribution in [0.3, 0.4) is 0 Å². The summed E-state index contributed by atoms with van der Waals surface area (Å²) < 4.78 is 0. The second-order valence-electron chi connectivity index (χ2n) is 6.15. The van der Waals surface area contributed by atoms with Gasteiger partial charge in [-0.25, -0.2) is 0 Å². The van der Waals surface area contributed by atoms with Gasteiger partial charge in [0.25, 0.3) is 0 Å². The molecule has 1 aromatic carbocycles. The monoisotopic (exact) mass is 342 g/mol. The Morgan fingerprint density at radius 2 is 2.12 bits per heavy atom. The SMILES string of the molecule is CN1C(=O)C[C@H](CNC(=O)CCCc2cccs2)c2ccccc21. The lowest BCUT2D eigenvalue weighted by Gasteiger charge is -2.31. The van der Waals surface area contributed by atoms with Gasteiger partial charge in [-0.1, -0.05) is 24.3 Å². The van der Waals surface area contributed by atoms with Crippen LogP contribution in [0.1, 0.15) is 35.6 Å². The standard InChI is InChI=1S/C19H22N2O2S/c1-21-17-9-3-2-8-16(17)14(12-19(21)23)13-20-18(22)10-4-6-15-7-5-11-24-15/h2-3,5,7-9,11,14H,4,6,10,12-13H2,1H3,(H,20,22)/t14-/m1/s1. The quantitative estimate of drug-likeness (QED) is 0.875. The Morgan fingerprint density at radius 3 is 2.92 bits per heavy atom. The normalized spacial score (nSPS) is 16.8. The van der Waals surface area contributed by atoms with Gasteiger partial charge in [0.2, 0.25) is 11.8 Å². The Bertz CT molecular complexity index is 712. The molecule has 0 unspecified atom stereocenters. The van der Waals surface area contributed by atoms with E-state index in [9.17, 15) is 9.59 Å². The molecule has 5 heteroatoms. The minimum atomic E-state index is 0.0612. The molecule has 0 bridgehead atoms. The van der Waals surface area contributed by atoms with Crippen molar-refractivity contribution in [3.63, 3.8) is 0 Å². The van der Waals surface area contributed by atoms with Crippen molar-refractivity contribution in [3.05, 3.63) is 52.2 Å². The van der Waals surface area contributed by atoms with Crippen LogP contribution in [0.25, 0.3) is 0 Å². The molecular formula is C19H22N2O2S. The summed E-state index contributed by atoms with van der Waals surface area (Å²) in [5.41, 5.74) is 2.09. The van der Waals surface area contributed by atoms with Crippen molar-refractivity contribution in [2.75, 3.05) is 18.5 Å². The zero-order valence-corrected chi connectivity index (χ0v) is 14.6. The lowest BCUT2D eigenvalue weighted by molar-refractivity contribution is -0.122. The third kappa shape index (κ3) is 3.85. The van der Waals surface area contributed by atoms with E-state index in [0.717, 1.165) is 24.1 Å². The predicted octanol–water partition coefficient (Wildman–Crippen LogP) is 3.34. The number of carbonyl (C=O) groups is 2. The lowest BCUT2D eigenvalue weighted by atomic mass is 9.89. The van der Waals surface area contributed by atoms with Crippen molar-refractivity contribution >= 4 is 28.8 Å². The number of amides is 2. The van der Waals surface area contributed by atoms with Crippen LogP contribution in [0.4, 0.5) is 5.69 Å². The molecule has 1 aliphatic heterocycles. The number of carbonyl (C=O) groups excluding carboxylic acids is 2. The molecule has 4 nitrogen and oxygen atoms in total. The van der Waals surface area contributed by atoms with Crippen molar-refractivity contribution in [3.8, 4) is 0 Å². The topological polar surface area (TPSA) is 49.4 Å². The van der Waals surface area contributed by atoms with Crippen LogP contribution in [-0.2, 0) is 16.0 Å². The van der Waals surface area contributed by atoms with Crippen LogP contribution < -0.4 is 10.2 Å². The van der Waals surface area contributed by atoms with Gasteiger partial charge in [0.1, 0.15) is 0 Å². The summed E-state index contributed by atoms with van der Waals surface area (Å²) in [5, 5.41) is 5.06. The van der Waals surface area contributed by atoms with E-state index in [4.69, 9.17) is 0 Å². The molecule has 1 aromatic heterocycles. The van der Waals surface area contributed by atoms with Crippen LogP contribution in [0.5, 0.6) is 0 Å². The fourth-order valence-electron chi connectivity index (χ4n) is 3.12. The summed E-state index contributed by atoms with van der Waals surface area (Å²) in [6, 6.07) is 12.1. The van der Waals surface area contributed by atoms with E-state index >= 15 is 0 Å². The van der Waals surface area contributed by atoms with Gasteiger partial charge < -0.3 is 10.2 Å². The third-order valence-electron chi connectivity index (χ3n) is 4.49. The zero-order valence-electron chi connectivity index (χ0n) is 13.8. The van der Waals surface area contributed by atoms with Gasteiger partial charge in [0.05, 0.1) is 0 Å². The van der Waals surface area contributed by atoms with Crippen molar-refractivity contribution in [2.45, 2.75) is 31.6 Å². The molecule has 0 saturated carbocycles. The fraction of sp³-hybridized carbons (Fsp3) is 0.368. The van der Waals surface area contributed by atoms with E-state index in [2.05, 4.69) is 16.8 Å². The molecule has 24 heavy (non-hydrogen) atoms. The number of para-hydroxylation sites is 1. The van der Waals surface area contributed by atoms with Gasteiger partial charge in [-0.15, -0.1) is 11.3 Å². The summed E-state index contributed by atoms with van der Waals surface area (Å²) in [5.74, 6) is 0.229. The number of hydrogen-bond acceptors (Lipinski definition) is 3. The number of benzene rings is 1. The van der Waals surface area contributed by atoms with E-state index < -0.39 is 0 Å². The molecule has 0 aliphatic carbocycles. The summed E-state index contributed by atoms with van der Waals surface area (Å²) in [4.78, 5) is 27.2. The van der Waals surface area contributed by atoms with Crippen LogP contribution in [0.15, 0.2) is 41.8 Å². The maximum absolute atomic E-state index is 12.1. The van der Waals surface area contributed by atoms with E-state index in [-0.39, 0.29) is 17.7 Å². The van der Waals surface area contributed by atoms with Gasteiger partial charge in [0, 0.05) is 42.9 Å². The van der Waals surface area contributed by atoms with Crippen LogP contribution in [0.2, 0.25) is 0 Å². The van der Waals surface area contributed by atoms with E-state index in [0.29, 0.717) is 19.4 Å². The number of rotatable bonds is 6. The Hall–Kier alpha value is -2.14. The molecular weight excluding hydrogens is 320 g/mol. The molecule has 0 radical (unpaired) electrons. The van der Waals surface area contributed by atoms with Gasteiger partial charge in [0.15, 0.2) is 0 Å². The van der Waals surface area contributed by atoms with Gasteiger partial charge in [-0.3, -0.25) is 9.59 Å². The predicted molar refractivity (Wildman–Crippen MR) is 97.5 cm³/mol. The molecule has 0 saturated heterocycles. The Balaban J connectivity index is 1.51. The summed E-state index contributed by atoms with van der Waals surface area (Å²) >= 11 is 1.73.